The molecule has 5 nitrogen and oxygen atoms in total. The summed E-state index contributed by atoms with van der Waals surface area (Å²) >= 11 is 2.99. The molecule has 0 radical (unpaired) electrons. The molecule has 0 aliphatic heterocycles. The predicted molar refractivity (Wildman–Crippen MR) is 101 cm³/mol. The Balaban J connectivity index is 1.53. The van der Waals surface area contributed by atoms with Crippen LogP contribution in [0.25, 0.3) is 15.4 Å². The van der Waals surface area contributed by atoms with Crippen molar-refractivity contribution >= 4 is 33.5 Å². The van der Waals surface area contributed by atoms with E-state index in [4.69, 9.17) is 4.74 Å². The number of carbonyl (C=O) groups excluding carboxylic acids is 1. The Bertz CT molecular complexity index is 989. The summed E-state index contributed by atoms with van der Waals surface area (Å²) in [6.07, 6.45) is 3.87. The smallest absolute Gasteiger partial charge is 0.265 e. The molecule has 25 heavy (non-hydrogen) atoms. The number of benzene rings is 1. The molecule has 0 aliphatic carbocycles. The third-order valence-electron chi connectivity index (χ3n) is 3.76. The van der Waals surface area contributed by atoms with E-state index in [0.29, 0.717) is 17.2 Å². The summed E-state index contributed by atoms with van der Waals surface area (Å²) in [6, 6.07) is 11.9. The van der Waals surface area contributed by atoms with E-state index in [1.807, 2.05) is 58.6 Å². The van der Waals surface area contributed by atoms with Crippen molar-refractivity contribution in [3.05, 3.63) is 64.7 Å². The number of amides is 1. The fourth-order valence-corrected chi connectivity index (χ4v) is 4.31. The number of nitrogens with zero attached hydrogens (tertiary/aromatic N) is 2. The molecule has 1 N–H and O–H groups in total. The minimum atomic E-state index is -0.152. The van der Waals surface area contributed by atoms with Gasteiger partial charge in [0.15, 0.2) is 4.96 Å². The molecular formula is C18H15N3O2S2. The molecule has 7 heteroatoms. The van der Waals surface area contributed by atoms with Crippen LogP contribution in [0.3, 0.4) is 0 Å². The van der Waals surface area contributed by atoms with Crippen molar-refractivity contribution in [2.75, 3.05) is 7.11 Å². The molecule has 4 rings (SSSR count). The third kappa shape index (κ3) is 3.16. The molecule has 3 heterocycles. The van der Waals surface area contributed by atoms with Crippen LogP contribution in [-0.4, -0.2) is 22.4 Å². The van der Waals surface area contributed by atoms with Gasteiger partial charge in [0.1, 0.15) is 10.6 Å². The highest BCUT2D eigenvalue weighted by atomic mass is 32.1. The lowest BCUT2D eigenvalue weighted by Gasteiger charge is -2.03. The van der Waals surface area contributed by atoms with E-state index in [0.717, 1.165) is 21.1 Å². The zero-order chi connectivity index (χ0) is 17.2. The highest BCUT2D eigenvalue weighted by Gasteiger charge is 2.18. The normalized spacial score (nSPS) is 10.9. The molecule has 0 aliphatic rings. The highest BCUT2D eigenvalue weighted by molar-refractivity contribution is 7.17. The first-order valence-electron chi connectivity index (χ1n) is 7.67. The van der Waals surface area contributed by atoms with Gasteiger partial charge >= 0.3 is 0 Å². The van der Waals surface area contributed by atoms with E-state index in [2.05, 4.69) is 10.3 Å². The van der Waals surface area contributed by atoms with E-state index in [-0.39, 0.29) is 5.91 Å². The Kier molecular flexibility index (Phi) is 4.25. The van der Waals surface area contributed by atoms with Crippen LogP contribution in [0.4, 0.5) is 0 Å². The van der Waals surface area contributed by atoms with Crippen molar-refractivity contribution in [1.82, 2.24) is 14.7 Å². The SMILES string of the molecule is COc1cc(-c2ccccc2)sc1C(=O)NCc1cn2ccsc2n1. The van der Waals surface area contributed by atoms with Gasteiger partial charge in [0.2, 0.25) is 0 Å². The zero-order valence-electron chi connectivity index (χ0n) is 13.4. The molecule has 0 fully saturated rings. The second-order valence-electron chi connectivity index (χ2n) is 5.38. The summed E-state index contributed by atoms with van der Waals surface area (Å²) in [5, 5.41) is 4.90. The first-order chi connectivity index (χ1) is 12.2. The average Bonchev–Trinajstić information content (AvgIpc) is 3.34. The van der Waals surface area contributed by atoms with Gasteiger partial charge in [0.25, 0.3) is 5.91 Å². The maximum Gasteiger partial charge on any atom is 0.265 e. The van der Waals surface area contributed by atoms with Crippen LogP contribution in [0.5, 0.6) is 5.75 Å². The van der Waals surface area contributed by atoms with E-state index in [1.165, 1.54) is 11.3 Å². The lowest BCUT2D eigenvalue weighted by Crippen LogP contribution is -2.22. The molecular weight excluding hydrogens is 354 g/mol. The Morgan fingerprint density at radius 3 is 2.92 bits per heavy atom. The number of fused-ring (bicyclic) bond motifs is 1. The van der Waals surface area contributed by atoms with Crippen LogP contribution in [0.15, 0.2) is 54.2 Å². The van der Waals surface area contributed by atoms with Crippen LogP contribution in [0.2, 0.25) is 0 Å². The van der Waals surface area contributed by atoms with Crippen LogP contribution < -0.4 is 10.1 Å². The van der Waals surface area contributed by atoms with Gasteiger partial charge in [-0.25, -0.2) is 4.98 Å². The number of carbonyl (C=O) groups is 1. The zero-order valence-corrected chi connectivity index (χ0v) is 15.1. The number of imidazole rings is 1. The number of hydrogen-bond acceptors (Lipinski definition) is 5. The summed E-state index contributed by atoms with van der Waals surface area (Å²) in [5.41, 5.74) is 1.90. The van der Waals surface area contributed by atoms with Crippen molar-refractivity contribution < 1.29 is 9.53 Å². The quantitative estimate of drug-likeness (QED) is 0.577. The molecule has 0 saturated carbocycles. The Hall–Kier alpha value is -2.64. The van der Waals surface area contributed by atoms with Gasteiger partial charge in [-0.2, -0.15) is 0 Å². The maximum atomic E-state index is 12.6. The summed E-state index contributed by atoms with van der Waals surface area (Å²) in [6.45, 7) is 0.384. The molecule has 3 aromatic heterocycles. The van der Waals surface area contributed by atoms with Crippen LogP contribution >= 0.6 is 22.7 Å². The predicted octanol–water partition coefficient (Wildman–Crippen LogP) is 4.06. The molecule has 0 atom stereocenters. The number of methoxy groups -OCH3 is 1. The number of rotatable bonds is 5. The molecule has 4 aromatic rings. The number of hydrogen-bond donors (Lipinski definition) is 1. The molecule has 0 bridgehead atoms. The Labute approximate surface area is 152 Å². The third-order valence-corrected chi connectivity index (χ3v) is 5.69. The van der Waals surface area contributed by atoms with Gasteiger partial charge in [-0.05, 0) is 11.6 Å². The second-order valence-corrected chi connectivity index (χ2v) is 7.31. The van der Waals surface area contributed by atoms with Crippen molar-refractivity contribution in [2.24, 2.45) is 0 Å². The minimum absolute atomic E-state index is 0.152. The standard InChI is InChI=1S/C18H15N3O2S2/c1-23-14-9-15(12-5-3-2-4-6-12)25-16(14)17(22)19-10-13-11-21-7-8-24-18(21)20-13/h2-9,11H,10H2,1H3,(H,19,22). The largest absolute Gasteiger partial charge is 0.495 e. The van der Waals surface area contributed by atoms with Crippen LogP contribution in [0, 0.1) is 0 Å². The molecule has 126 valence electrons. The van der Waals surface area contributed by atoms with Crippen molar-refractivity contribution in [3.8, 4) is 16.2 Å². The van der Waals surface area contributed by atoms with Crippen molar-refractivity contribution in [2.45, 2.75) is 6.54 Å². The fraction of sp³-hybridized carbons (Fsp3) is 0.111. The number of ether oxygens (including phenoxy) is 1. The van der Waals surface area contributed by atoms with Gasteiger partial charge in [-0.3, -0.25) is 9.20 Å². The number of thiazole rings is 1. The lowest BCUT2D eigenvalue weighted by molar-refractivity contribution is 0.0952. The van der Waals surface area contributed by atoms with Crippen molar-refractivity contribution in [1.29, 1.82) is 0 Å². The molecule has 1 aromatic carbocycles. The average molecular weight is 369 g/mol. The first-order valence-corrected chi connectivity index (χ1v) is 9.37. The summed E-state index contributed by atoms with van der Waals surface area (Å²) in [4.78, 5) is 19.6. The Morgan fingerprint density at radius 2 is 2.16 bits per heavy atom. The van der Waals surface area contributed by atoms with Crippen LogP contribution in [-0.2, 0) is 6.54 Å². The van der Waals surface area contributed by atoms with Gasteiger partial charge in [0.05, 0.1) is 19.3 Å². The van der Waals surface area contributed by atoms with E-state index in [9.17, 15) is 4.79 Å². The highest BCUT2D eigenvalue weighted by Crippen LogP contribution is 2.36. The van der Waals surface area contributed by atoms with E-state index >= 15 is 0 Å². The molecule has 0 saturated heterocycles. The van der Waals surface area contributed by atoms with Crippen molar-refractivity contribution in [3.63, 3.8) is 0 Å². The van der Waals surface area contributed by atoms with Gasteiger partial charge in [0, 0.05) is 22.7 Å². The van der Waals surface area contributed by atoms with Crippen LogP contribution in [0.1, 0.15) is 15.4 Å². The molecule has 0 unspecified atom stereocenters. The van der Waals surface area contributed by atoms with Gasteiger partial charge in [-0.15, -0.1) is 22.7 Å². The Morgan fingerprint density at radius 1 is 1.32 bits per heavy atom. The van der Waals surface area contributed by atoms with E-state index < -0.39 is 0 Å². The molecule has 1 amide bonds. The van der Waals surface area contributed by atoms with Gasteiger partial charge in [-0.1, -0.05) is 30.3 Å². The second kappa shape index (κ2) is 6.70. The summed E-state index contributed by atoms with van der Waals surface area (Å²) in [7, 11) is 1.58. The maximum absolute atomic E-state index is 12.6. The summed E-state index contributed by atoms with van der Waals surface area (Å²) < 4.78 is 7.34. The number of thiophene rings is 1. The molecule has 0 spiro atoms. The fourth-order valence-electron chi connectivity index (χ4n) is 2.54. The number of nitrogens with one attached hydrogen (secondary N) is 1. The minimum Gasteiger partial charge on any atom is -0.495 e. The monoisotopic (exact) mass is 369 g/mol. The first kappa shape index (κ1) is 15.9. The number of aromatic nitrogens is 2. The lowest BCUT2D eigenvalue weighted by atomic mass is 10.2. The topological polar surface area (TPSA) is 55.6 Å². The summed E-state index contributed by atoms with van der Waals surface area (Å²) in [5.74, 6) is 0.438. The van der Waals surface area contributed by atoms with Gasteiger partial charge < -0.3 is 10.1 Å². The van der Waals surface area contributed by atoms with E-state index in [1.54, 1.807) is 18.4 Å².